The monoisotopic (exact) mass is 304 g/mol. The van der Waals surface area contributed by atoms with Gasteiger partial charge < -0.3 is 10.5 Å². The van der Waals surface area contributed by atoms with E-state index in [4.69, 9.17) is 10.5 Å². The standard InChI is InChI=1S/C18H28N2O2/c1-13(2)20(12-14-4-8-16(19)9-5-14)17-10-6-15(7-11-17)18(21)22-3/h4-5,8-9,13,15,17H,6-7,10-12,19H2,1-3H3. The van der Waals surface area contributed by atoms with Gasteiger partial charge >= 0.3 is 5.97 Å². The van der Waals surface area contributed by atoms with Gasteiger partial charge in [-0.2, -0.15) is 0 Å². The molecule has 2 N–H and O–H groups in total. The highest BCUT2D eigenvalue weighted by atomic mass is 16.5. The molecule has 4 heteroatoms. The van der Waals surface area contributed by atoms with E-state index in [0.717, 1.165) is 37.9 Å². The van der Waals surface area contributed by atoms with E-state index in [0.29, 0.717) is 12.1 Å². The molecule has 0 aliphatic heterocycles. The van der Waals surface area contributed by atoms with Crippen molar-refractivity contribution in [2.24, 2.45) is 5.92 Å². The van der Waals surface area contributed by atoms with Crippen molar-refractivity contribution in [1.29, 1.82) is 0 Å². The fraction of sp³-hybridized carbons (Fsp3) is 0.611. The van der Waals surface area contributed by atoms with E-state index < -0.39 is 0 Å². The van der Waals surface area contributed by atoms with Gasteiger partial charge in [-0.05, 0) is 57.2 Å². The van der Waals surface area contributed by atoms with Crippen LogP contribution in [0.4, 0.5) is 5.69 Å². The molecule has 1 aromatic rings. The molecule has 122 valence electrons. The number of nitrogen functional groups attached to an aromatic ring is 1. The van der Waals surface area contributed by atoms with Crippen molar-refractivity contribution in [3.8, 4) is 0 Å². The van der Waals surface area contributed by atoms with Gasteiger partial charge in [-0.25, -0.2) is 0 Å². The average molecular weight is 304 g/mol. The highest BCUT2D eigenvalue weighted by molar-refractivity contribution is 5.72. The molecular weight excluding hydrogens is 276 g/mol. The Morgan fingerprint density at radius 1 is 1.23 bits per heavy atom. The number of nitrogens with two attached hydrogens (primary N) is 1. The molecule has 0 bridgehead atoms. The van der Waals surface area contributed by atoms with E-state index in [1.165, 1.54) is 12.7 Å². The quantitative estimate of drug-likeness (QED) is 0.670. The molecule has 22 heavy (non-hydrogen) atoms. The van der Waals surface area contributed by atoms with Gasteiger partial charge in [0.25, 0.3) is 0 Å². The smallest absolute Gasteiger partial charge is 0.308 e. The highest BCUT2D eigenvalue weighted by Crippen LogP contribution is 2.30. The minimum absolute atomic E-state index is 0.0481. The second-order valence-corrected chi connectivity index (χ2v) is 6.54. The van der Waals surface area contributed by atoms with Crippen molar-refractivity contribution in [1.82, 2.24) is 4.90 Å². The summed E-state index contributed by atoms with van der Waals surface area (Å²) in [7, 11) is 1.48. The summed E-state index contributed by atoms with van der Waals surface area (Å²) < 4.78 is 4.88. The van der Waals surface area contributed by atoms with Crippen LogP contribution < -0.4 is 5.73 Å². The number of carbonyl (C=O) groups is 1. The first-order chi connectivity index (χ1) is 10.5. The fourth-order valence-corrected chi connectivity index (χ4v) is 3.38. The Hall–Kier alpha value is -1.55. The highest BCUT2D eigenvalue weighted by Gasteiger charge is 2.30. The van der Waals surface area contributed by atoms with Gasteiger partial charge in [0.2, 0.25) is 0 Å². The van der Waals surface area contributed by atoms with Crippen LogP contribution in [0.25, 0.3) is 0 Å². The third-order valence-electron chi connectivity index (χ3n) is 4.71. The molecule has 0 heterocycles. The van der Waals surface area contributed by atoms with Gasteiger partial charge in [-0.3, -0.25) is 9.69 Å². The minimum Gasteiger partial charge on any atom is -0.469 e. The summed E-state index contributed by atoms with van der Waals surface area (Å²) in [4.78, 5) is 14.2. The van der Waals surface area contributed by atoms with E-state index in [1.54, 1.807) is 0 Å². The van der Waals surface area contributed by atoms with E-state index in [9.17, 15) is 4.79 Å². The van der Waals surface area contributed by atoms with Crippen LogP contribution in [-0.2, 0) is 16.1 Å². The maximum Gasteiger partial charge on any atom is 0.308 e. The number of rotatable bonds is 5. The van der Waals surface area contributed by atoms with Crippen LogP contribution in [0.15, 0.2) is 24.3 Å². The van der Waals surface area contributed by atoms with Crippen molar-refractivity contribution in [2.45, 2.75) is 58.2 Å². The second kappa shape index (κ2) is 7.63. The summed E-state index contributed by atoms with van der Waals surface area (Å²) in [6.07, 6.45) is 3.99. The third-order valence-corrected chi connectivity index (χ3v) is 4.71. The summed E-state index contributed by atoms with van der Waals surface area (Å²) in [6.45, 7) is 5.42. The lowest BCUT2D eigenvalue weighted by atomic mass is 9.84. The lowest BCUT2D eigenvalue weighted by molar-refractivity contribution is -0.147. The first kappa shape index (κ1) is 16.8. The van der Waals surface area contributed by atoms with E-state index in [-0.39, 0.29) is 11.9 Å². The van der Waals surface area contributed by atoms with Crippen LogP contribution in [0.2, 0.25) is 0 Å². The number of benzene rings is 1. The number of esters is 1. The number of hydrogen-bond acceptors (Lipinski definition) is 4. The van der Waals surface area contributed by atoms with E-state index >= 15 is 0 Å². The summed E-state index contributed by atoms with van der Waals surface area (Å²) >= 11 is 0. The zero-order valence-corrected chi connectivity index (χ0v) is 13.9. The maximum atomic E-state index is 11.7. The number of methoxy groups -OCH3 is 1. The van der Waals surface area contributed by atoms with Gasteiger partial charge in [0.15, 0.2) is 0 Å². The molecule has 2 rings (SSSR count). The van der Waals surface area contributed by atoms with Gasteiger partial charge in [0, 0.05) is 24.3 Å². The minimum atomic E-state index is -0.0481. The molecule has 0 amide bonds. The van der Waals surface area contributed by atoms with Gasteiger partial charge in [-0.15, -0.1) is 0 Å². The van der Waals surface area contributed by atoms with Gasteiger partial charge in [-0.1, -0.05) is 12.1 Å². The molecule has 0 atom stereocenters. The molecule has 0 unspecified atom stereocenters. The number of nitrogens with zero attached hydrogens (tertiary/aromatic N) is 1. The van der Waals surface area contributed by atoms with Gasteiger partial charge in [0.1, 0.15) is 0 Å². The Morgan fingerprint density at radius 3 is 2.32 bits per heavy atom. The maximum absolute atomic E-state index is 11.7. The molecule has 1 aliphatic rings. The number of ether oxygens (including phenoxy) is 1. The average Bonchev–Trinajstić information content (AvgIpc) is 2.53. The van der Waals surface area contributed by atoms with Crippen LogP contribution >= 0.6 is 0 Å². The second-order valence-electron chi connectivity index (χ2n) is 6.54. The Labute approximate surface area is 133 Å². The van der Waals surface area contributed by atoms with Crippen molar-refractivity contribution in [3.05, 3.63) is 29.8 Å². The van der Waals surface area contributed by atoms with Crippen LogP contribution in [0, 0.1) is 5.92 Å². The number of carbonyl (C=O) groups excluding carboxylic acids is 1. The molecule has 0 radical (unpaired) electrons. The molecule has 1 fully saturated rings. The Morgan fingerprint density at radius 2 is 1.82 bits per heavy atom. The fourth-order valence-electron chi connectivity index (χ4n) is 3.38. The van der Waals surface area contributed by atoms with E-state index in [1.807, 2.05) is 12.1 Å². The predicted octanol–water partition coefficient (Wildman–Crippen LogP) is 3.21. The summed E-state index contributed by atoms with van der Waals surface area (Å²) in [5.41, 5.74) is 7.85. The molecule has 0 spiro atoms. The first-order valence-corrected chi connectivity index (χ1v) is 8.19. The number of anilines is 1. The predicted molar refractivity (Wildman–Crippen MR) is 89.3 cm³/mol. The summed E-state index contributed by atoms with van der Waals surface area (Å²) in [6, 6.07) is 9.15. The van der Waals surface area contributed by atoms with E-state index in [2.05, 4.69) is 30.9 Å². The van der Waals surface area contributed by atoms with Crippen molar-refractivity contribution in [2.75, 3.05) is 12.8 Å². The summed E-state index contributed by atoms with van der Waals surface area (Å²) in [5.74, 6) is 0.0415. The zero-order valence-electron chi connectivity index (χ0n) is 13.9. The SMILES string of the molecule is COC(=O)C1CCC(N(Cc2ccc(N)cc2)C(C)C)CC1. The molecule has 0 saturated heterocycles. The van der Waals surface area contributed by atoms with Crippen LogP contribution in [0.5, 0.6) is 0 Å². The third kappa shape index (κ3) is 4.23. The Bertz CT molecular complexity index is 476. The molecular formula is C18H28N2O2. The molecule has 1 aromatic carbocycles. The topological polar surface area (TPSA) is 55.6 Å². The molecule has 1 aliphatic carbocycles. The van der Waals surface area contributed by atoms with Crippen molar-refractivity contribution < 1.29 is 9.53 Å². The van der Waals surface area contributed by atoms with Crippen molar-refractivity contribution in [3.63, 3.8) is 0 Å². The van der Waals surface area contributed by atoms with Crippen LogP contribution in [0.1, 0.15) is 45.1 Å². The molecule has 1 saturated carbocycles. The largest absolute Gasteiger partial charge is 0.469 e. The van der Waals surface area contributed by atoms with Crippen LogP contribution in [-0.4, -0.2) is 30.1 Å². The first-order valence-electron chi connectivity index (χ1n) is 8.19. The lowest BCUT2D eigenvalue weighted by Gasteiger charge is -2.39. The number of hydrogen-bond donors (Lipinski definition) is 1. The normalized spacial score (nSPS) is 22.0. The lowest BCUT2D eigenvalue weighted by Crippen LogP contribution is -2.42. The molecule has 4 nitrogen and oxygen atoms in total. The Kier molecular flexibility index (Phi) is 5.83. The Balaban J connectivity index is 1.97. The molecule has 0 aromatic heterocycles. The summed E-state index contributed by atoms with van der Waals surface area (Å²) in [5, 5.41) is 0. The van der Waals surface area contributed by atoms with Crippen LogP contribution in [0.3, 0.4) is 0 Å². The van der Waals surface area contributed by atoms with Gasteiger partial charge in [0.05, 0.1) is 13.0 Å². The zero-order chi connectivity index (χ0) is 16.1. The van der Waals surface area contributed by atoms with Crippen molar-refractivity contribution >= 4 is 11.7 Å².